The third-order valence-electron chi connectivity index (χ3n) is 4.45. The summed E-state index contributed by atoms with van der Waals surface area (Å²) in [6, 6.07) is 17.7. The van der Waals surface area contributed by atoms with Gasteiger partial charge in [0, 0.05) is 25.7 Å². The maximum Gasteiger partial charge on any atom is 0.318 e. The third-order valence-corrected chi connectivity index (χ3v) is 4.45. The number of nitrogens with zero attached hydrogens (tertiary/aromatic N) is 1. The molecule has 0 unspecified atom stereocenters. The lowest BCUT2D eigenvalue weighted by molar-refractivity contribution is -0.114. The molecule has 0 aromatic heterocycles. The molecule has 3 amide bonds. The number of anilines is 1. The molecule has 0 bridgehead atoms. The van der Waals surface area contributed by atoms with Crippen LogP contribution in [-0.4, -0.2) is 23.4 Å². The van der Waals surface area contributed by atoms with Crippen molar-refractivity contribution < 1.29 is 9.59 Å². The second kappa shape index (κ2) is 7.38. The number of nitrogens with one attached hydrogen (secondary N) is 2. The number of urea groups is 1. The molecule has 1 saturated heterocycles. The predicted octanol–water partition coefficient (Wildman–Crippen LogP) is 3.55. The second-order valence-electron chi connectivity index (χ2n) is 6.53. The maximum atomic E-state index is 12.5. The van der Waals surface area contributed by atoms with Gasteiger partial charge in [-0.05, 0) is 29.2 Å². The van der Waals surface area contributed by atoms with Crippen LogP contribution >= 0.6 is 0 Å². The van der Waals surface area contributed by atoms with Crippen molar-refractivity contribution in [3.63, 3.8) is 0 Å². The standard InChI is InChI=1S/C20H23N3O2/c1-14-13-23(19(14)17-8-4-3-5-9-17)20(25)21-12-16-7-6-10-18(11-16)22-15(2)24/h3-11,14,19H,12-13H2,1-2H3,(H,21,25)(H,22,24)/t14-,19-/m1/s1. The fourth-order valence-electron chi connectivity index (χ4n) is 3.30. The van der Waals surface area contributed by atoms with Crippen molar-refractivity contribution in [3.8, 4) is 0 Å². The van der Waals surface area contributed by atoms with Gasteiger partial charge in [0.15, 0.2) is 0 Å². The number of likely N-dealkylation sites (tertiary alicyclic amines) is 1. The van der Waals surface area contributed by atoms with E-state index in [-0.39, 0.29) is 18.0 Å². The maximum absolute atomic E-state index is 12.5. The number of benzene rings is 2. The third kappa shape index (κ3) is 3.99. The van der Waals surface area contributed by atoms with Gasteiger partial charge >= 0.3 is 6.03 Å². The minimum atomic E-state index is -0.110. The molecule has 0 saturated carbocycles. The molecule has 2 aromatic carbocycles. The summed E-state index contributed by atoms with van der Waals surface area (Å²) in [5.41, 5.74) is 2.85. The molecule has 25 heavy (non-hydrogen) atoms. The van der Waals surface area contributed by atoms with Crippen LogP contribution in [0, 0.1) is 5.92 Å². The molecule has 0 radical (unpaired) electrons. The minimum absolute atomic E-state index is 0.0584. The van der Waals surface area contributed by atoms with Gasteiger partial charge in [0.1, 0.15) is 0 Å². The number of carbonyl (C=O) groups is 2. The fourth-order valence-corrected chi connectivity index (χ4v) is 3.30. The molecule has 0 aliphatic carbocycles. The molecule has 0 spiro atoms. The topological polar surface area (TPSA) is 61.4 Å². The van der Waals surface area contributed by atoms with Crippen molar-refractivity contribution in [1.29, 1.82) is 0 Å². The highest BCUT2D eigenvalue weighted by atomic mass is 16.2. The van der Waals surface area contributed by atoms with Gasteiger partial charge in [0.05, 0.1) is 6.04 Å². The molecular weight excluding hydrogens is 314 g/mol. The predicted molar refractivity (Wildman–Crippen MR) is 98.0 cm³/mol. The Morgan fingerprint density at radius 1 is 1.12 bits per heavy atom. The van der Waals surface area contributed by atoms with Crippen LogP contribution in [0.1, 0.15) is 31.0 Å². The lowest BCUT2D eigenvalue weighted by atomic mass is 9.85. The Labute approximate surface area is 148 Å². The van der Waals surface area contributed by atoms with E-state index in [2.05, 4.69) is 29.7 Å². The van der Waals surface area contributed by atoms with Crippen molar-refractivity contribution in [2.45, 2.75) is 26.4 Å². The number of carbonyl (C=O) groups excluding carboxylic acids is 2. The van der Waals surface area contributed by atoms with Crippen molar-refractivity contribution in [2.75, 3.05) is 11.9 Å². The first-order valence-electron chi connectivity index (χ1n) is 8.50. The van der Waals surface area contributed by atoms with E-state index in [1.54, 1.807) is 0 Å². The number of amides is 3. The molecule has 2 N–H and O–H groups in total. The number of hydrogen-bond donors (Lipinski definition) is 2. The molecule has 2 aromatic rings. The average molecular weight is 337 g/mol. The van der Waals surface area contributed by atoms with Crippen LogP contribution < -0.4 is 10.6 Å². The Morgan fingerprint density at radius 2 is 1.88 bits per heavy atom. The van der Waals surface area contributed by atoms with Crippen LogP contribution in [-0.2, 0) is 11.3 Å². The molecule has 1 aliphatic rings. The number of rotatable bonds is 4. The zero-order chi connectivity index (χ0) is 17.8. The van der Waals surface area contributed by atoms with Crippen molar-refractivity contribution >= 4 is 17.6 Å². The van der Waals surface area contributed by atoms with Crippen LogP contribution in [0.2, 0.25) is 0 Å². The quantitative estimate of drug-likeness (QED) is 0.896. The molecule has 1 fully saturated rings. The summed E-state index contributed by atoms with van der Waals surface area (Å²) in [6.07, 6.45) is 0. The summed E-state index contributed by atoms with van der Waals surface area (Å²) in [7, 11) is 0. The van der Waals surface area contributed by atoms with Gasteiger partial charge in [0.2, 0.25) is 5.91 Å². The lowest BCUT2D eigenvalue weighted by Crippen LogP contribution is -2.54. The average Bonchev–Trinajstić information content (AvgIpc) is 2.58. The van der Waals surface area contributed by atoms with E-state index in [1.165, 1.54) is 12.5 Å². The summed E-state index contributed by atoms with van der Waals surface area (Å²) in [4.78, 5) is 25.5. The summed E-state index contributed by atoms with van der Waals surface area (Å²) in [5, 5.41) is 5.73. The van der Waals surface area contributed by atoms with E-state index in [4.69, 9.17) is 0 Å². The normalized spacial score (nSPS) is 19.0. The van der Waals surface area contributed by atoms with Crippen LogP contribution in [0.25, 0.3) is 0 Å². The SMILES string of the molecule is CC(=O)Nc1cccc(CNC(=O)N2C[C@@H](C)[C@@H]2c2ccccc2)c1. The molecule has 2 atom stereocenters. The molecule has 1 aliphatic heterocycles. The van der Waals surface area contributed by atoms with E-state index in [9.17, 15) is 9.59 Å². The Kier molecular flexibility index (Phi) is 5.03. The number of hydrogen-bond acceptors (Lipinski definition) is 2. The monoisotopic (exact) mass is 337 g/mol. The molecule has 5 nitrogen and oxygen atoms in total. The van der Waals surface area contributed by atoms with Crippen LogP contribution in [0.5, 0.6) is 0 Å². The van der Waals surface area contributed by atoms with Crippen molar-refractivity contribution in [2.24, 2.45) is 5.92 Å². The van der Waals surface area contributed by atoms with Gasteiger partial charge < -0.3 is 15.5 Å². The van der Waals surface area contributed by atoms with Gasteiger partial charge in [-0.15, -0.1) is 0 Å². The van der Waals surface area contributed by atoms with E-state index >= 15 is 0 Å². The van der Waals surface area contributed by atoms with Crippen molar-refractivity contribution in [3.05, 3.63) is 65.7 Å². The summed E-state index contributed by atoms with van der Waals surface area (Å²) < 4.78 is 0. The second-order valence-corrected chi connectivity index (χ2v) is 6.53. The van der Waals surface area contributed by atoms with E-state index in [0.29, 0.717) is 12.5 Å². The van der Waals surface area contributed by atoms with Gasteiger partial charge in [-0.25, -0.2) is 4.79 Å². The molecule has 1 heterocycles. The van der Waals surface area contributed by atoms with Crippen LogP contribution in [0.4, 0.5) is 10.5 Å². The smallest absolute Gasteiger partial charge is 0.318 e. The van der Waals surface area contributed by atoms with E-state index in [1.807, 2.05) is 47.4 Å². The Hall–Kier alpha value is -2.82. The zero-order valence-electron chi connectivity index (χ0n) is 14.5. The first kappa shape index (κ1) is 17.0. The summed E-state index contributed by atoms with van der Waals surface area (Å²) >= 11 is 0. The Morgan fingerprint density at radius 3 is 2.56 bits per heavy atom. The highest BCUT2D eigenvalue weighted by molar-refractivity contribution is 5.88. The Bertz CT molecular complexity index is 761. The van der Waals surface area contributed by atoms with Gasteiger partial charge in [-0.1, -0.05) is 49.4 Å². The summed E-state index contributed by atoms with van der Waals surface area (Å²) in [5.74, 6) is 0.345. The van der Waals surface area contributed by atoms with Crippen molar-refractivity contribution in [1.82, 2.24) is 10.2 Å². The minimum Gasteiger partial charge on any atom is -0.334 e. The van der Waals surface area contributed by atoms with E-state index < -0.39 is 0 Å². The highest BCUT2D eigenvalue weighted by Gasteiger charge is 2.39. The highest BCUT2D eigenvalue weighted by Crippen LogP contribution is 2.38. The lowest BCUT2D eigenvalue weighted by Gasteiger charge is -2.46. The molecule has 130 valence electrons. The first-order chi connectivity index (χ1) is 12.0. The Balaban J connectivity index is 1.60. The molecule has 5 heteroatoms. The molecular formula is C20H23N3O2. The van der Waals surface area contributed by atoms with E-state index in [0.717, 1.165) is 17.8 Å². The van der Waals surface area contributed by atoms with Crippen LogP contribution in [0.15, 0.2) is 54.6 Å². The molecule has 3 rings (SSSR count). The fraction of sp³-hybridized carbons (Fsp3) is 0.300. The van der Waals surface area contributed by atoms with Gasteiger partial charge in [-0.2, -0.15) is 0 Å². The van der Waals surface area contributed by atoms with Gasteiger partial charge in [-0.3, -0.25) is 4.79 Å². The largest absolute Gasteiger partial charge is 0.334 e. The summed E-state index contributed by atoms with van der Waals surface area (Å²) in [6.45, 7) is 4.83. The zero-order valence-corrected chi connectivity index (χ0v) is 14.5. The first-order valence-corrected chi connectivity index (χ1v) is 8.50. The van der Waals surface area contributed by atoms with Gasteiger partial charge in [0.25, 0.3) is 0 Å². The van der Waals surface area contributed by atoms with Crippen LogP contribution in [0.3, 0.4) is 0 Å².